The molecule has 1 saturated heterocycles. The molecule has 0 aliphatic carbocycles. The fraction of sp³-hybridized carbons (Fsp3) is 0.591. The van der Waals surface area contributed by atoms with Crippen molar-refractivity contribution in [1.29, 1.82) is 0 Å². The Morgan fingerprint density at radius 1 is 1.11 bits per heavy atom. The van der Waals surface area contributed by atoms with Gasteiger partial charge in [0.2, 0.25) is 0 Å². The van der Waals surface area contributed by atoms with Gasteiger partial charge >= 0.3 is 0 Å². The number of ether oxygens (including phenoxy) is 1. The number of aromatic nitrogens is 1. The highest BCUT2D eigenvalue weighted by Gasteiger charge is 2.22. The average molecular weight is 372 g/mol. The summed E-state index contributed by atoms with van der Waals surface area (Å²) in [5, 5.41) is 0. The minimum atomic E-state index is 0.742. The predicted octanol–water partition coefficient (Wildman–Crippen LogP) is 3.60. The second kappa shape index (κ2) is 10.6. The van der Waals surface area contributed by atoms with Gasteiger partial charge in [0.25, 0.3) is 0 Å². The number of piperidine rings is 1. The summed E-state index contributed by atoms with van der Waals surface area (Å²) < 4.78 is 11.2. The standard InChI is InChI=1S/C22H33N3O2/c1-3-21-4-5-22(27-21)18-25(16-19-6-10-23-11-7-19)17-20-8-12-24(13-9-20)14-15-26-2/h4-7,10-11,20H,3,8-9,12-18H2,1-2H3. The number of pyridine rings is 1. The van der Waals surface area contributed by atoms with Crippen LogP contribution in [0.3, 0.4) is 0 Å². The lowest BCUT2D eigenvalue weighted by Crippen LogP contribution is -2.39. The minimum Gasteiger partial charge on any atom is -0.465 e. The highest BCUT2D eigenvalue weighted by molar-refractivity contribution is 5.11. The van der Waals surface area contributed by atoms with Crippen LogP contribution in [0, 0.1) is 5.92 Å². The van der Waals surface area contributed by atoms with Crippen molar-refractivity contribution in [2.45, 2.75) is 39.3 Å². The molecule has 0 bridgehead atoms. The molecule has 0 radical (unpaired) electrons. The Morgan fingerprint density at radius 3 is 2.52 bits per heavy atom. The van der Waals surface area contributed by atoms with E-state index in [0.717, 1.165) is 56.6 Å². The second-order valence-electron chi connectivity index (χ2n) is 7.52. The van der Waals surface area contributed by atoms with Gasteiger partial charge in [-0.3, -0.25) is 9.88 Å². The van der Waals surface area contributed by atoms with Gasteiger partial charge in [0.15, 0.2) is 0 Å². The van der Waals surface area contributed by atoms with Gasteiger partial charge in [-0.15, -0.1) is 0 Å². The van der Waals surface area contributed by atoms with Crippen molar-refractivity contribution in [2.24, 2.45) is 5.92 Å². The Kier molecular flexibility index (Phi) is 7.87. The maximum absolute atomic E-state index is 5.98. The minimum absolute atomic E-state index is 0.742. The van der Waals surface area contributed by atoms with Crippen LogP contribution in [0.4, 0.5) is 0 Å². The highest BCUT2D eigenvalue weighted by atomic mass is 16.5. The Balaban J connectivity index is 1.58. The van der Waals surface area contributed by atoms with Crippen LogP contribution in [-0.2, 0) is 24.2 Å². The SMILES string of the molecule is CCc1ccc(CN(Cc2ccncc2)CC2CCN(CCOC)CC2)o1. The van der Waals surface area contributed by atoms with Crippen LogP contribution >= 0.6 is 0 Å². The third-order valence-electron chi connectivity index (χ3n) is 5.44. The molecule has 0 spiro atoms. The highest BCUT2D eigenvalue weighted by Crippen LogP contribution is 2.21. The zero-order chi connectivity index (χ0) is 18.9. The lowest BCUT2D eigenvalue weighted by molar-refractivity contribution is 0.102. The molecule has 148 valence electrons. The van der Waals surface area contributed by atoms with Gasteiger partial charge in [-0.25, -0.2) is 0 Å². The number of methoxy groups -OCH3 is 1. The number of hydrogen-bond donors (Lipinski definition) is 0. The Hall–Kier alpha value is -1.69. The van der Waals surface area contributed by atoms with Crippen molar-refractivity contribution in [2.75, 3.05) is 39.9 Å². The van der Waals surface area contributed by atoms with Gasteiger partial charge in [0, 0.05) is 45.6 Å². The summed E-state index contributed by atoms with van der Waals surface area (Å²) in [6.07, 6.45) is 7.22. The molecular weight excluding hydrogens is 338 g/mol. The zero-order valence-electron chi connectivity index (χ0n) is 16.8. The van der Waals surface area contributed by atoms with E-state index in [-0.39, 0.29) is 0 Å². The third kappa shape index (κ3) is 6.45. The number of aryl methyl sites for hydroxylation is 1. The van der Waals surface area contributed by atoms with Gasteiger partial charge in [-0.05, 0) is 61.7 Å². The summed E-state index contributed by atoms with van der Waals surface area (Å²) >= 11 is 0. The van der Waals surface area contributed by atoms with E-state index in [4.69, 9.17) is 9.15 Å². The monoisotopic (exact) mass is 371 g/mol. The molecule has 0 aromatic carbocycles. The molecule has 1 aliphatic heterocycles. The van der Waals surface area contributed by atoms with Crippen molar-refractivity contribution in [3.05, 3.63) is 53.7 Å². The van der Waals surface area contributed by atoms with Gasteiger partial charge < -0.3 is 14.1 Å². The normalized spacial score (nSPS) is 16.3. The van der Waals surface area contributed by atoms with E-state index in [1.807, 2.05) is 12.4 Å². The summed E-state index contributed by atoms with van der Waals surface area (Å²) in [7, 11) is 1.78. The fourth-order valence-corrected chi connectivity index (χ4v) is 3.83. The van der Waals surface area contributed by atoms with Gasteiger partial charge in [-0.2, -0.15) is 0 Å². The Bertz CT molecular complexity index is 651. The van der Waals surface area contributed by atoms with Crippen LogP contribution in [0.5, 0.6) is 0 Å². The first-order valence-corrected chi connectivity index (χ1v) is 10.2. The maximum atomic E-state index is 5.98. The van der Waals surface area contributed by atoms with Crippen molar-refractivity contribution in [1.82, 2.24) is 14.8 Å². The van der Waals surface area contributed by atoms with Crippen LogP contribution in [0.15, 0.2) is 41.1 Å². The van der Waals surface area contributed by atoms with Gasteiger partial charge in [-0.1, -0.05) is 6.92 Å². The van der Waals surface area contributed by atoms with E-state index in [1.54, 1.807) is 7.11 Å². The Labute approximate surface area is 163 Å². The van der Waals surface area contributed by atoms with Crippen LogP contribution in [0.2, 0.25) is 0 Å². The number of rotatable bonds is 10. The molecule has 2 aromatic rings. The summed E-state index contributed by atoms with van der Waals surface area (Å²) in [5.74, 6) is 2.88. The van der Waals surface area contributed by atoms with E-state index in [1.165, 1.54) is 31.5 Å². The van der Waals surface area contributed by atoms with E-state index < -0.39 is 0 Å². The molecule has 1 fully saturated rings. The van der Waals surface area contributed by atoms with E-state index in [2.05, 4.69) is 46.0 Å². The van der Waals surface area contributed by atoms with Crippen molar-refractivity contribution < 1.29 is 9.15 Å². The molecule has 3 rings (SSSR count). The van der Waals surface area contributed by atoms with E-state index in [0.29, 0.717) is 0 Å². The molecule has 5 heteroatoms. The smallest absolute Gasteiger partial charge is 0.118 e. The third-order valence-corrected chi connectivity index (χ3v) is 5.44. The van der Waals surface area contributed by atoms with Crippen LogP contribution < -0.4 is 0 Å². The molecular formula is C22H33N3O2. The summed E-state index contributed by atoms with van der Waals surface area (Å²) in [6.45, 7) is 9.29. The molecule has 0 saturated carbocycles. The second-order valence-corrected chi connectivity index (χ2v) is 7.52. The van der Waals surface area contributed by atoms with Crippen LogP contribution in [0.25, 0.3) is 0 Å². The molecule has 2 aromatic heterocycles. The molecule has 0 atom stereocenters. The van der Waals surface area contributed by atoms with Crippen LogP contribution in [-0.4, -0.2) is 54.7 Å². The first-order valence-electron chi connectivity index (χ1n) is 10.2. The largest absolute Gasteiger partial charge is 0.465 e. The number of likely N-dealkylation sites (tertiary alicyclic amines) is 1. The first kappa shape index (κ1) is 20.1. The first-order chi connectivity index (χ1) is 13.3. The number of hydrogen-bond acceptors (Lipinski definition) is 5. The maximum Gasteiger partial charge on any atom is 0.118 e. The van der Waals surface area contributed by atoms with E-state index >= 15 is 0 Å². The fourth-order valence-electron chi connectivity index (χ4n) is 3.83. The summed E-state index contributed by atoms with van der Waals surface area (Å²) in [5.41, 5.74) is 1.31. The number of furan rings is 1. The molecule has 0 amide bonds. The summed E-state index contributed by atoms with van der Waals surface area (Å²) in [4.78, 5) is 9.20. The quantitative estimate of drug-likeness (QED) is 0.638. The molecule has 0 unspecified atom stereocenters. The molecule has 27 heavy (non-hydrogen) atoms. The zero-order valence-corrected chi connectivity index (χ0v) is 16.8. The Morgan fingerprint density at radius 2 is 1.85 bits per heavy atom. The van der Waals surface area contributed by atoms with Crippen molar-refractivity contribution >= 4 is 0 Å². The topological polar surface area (TPSA) is 41.7 Å². The van der Waals surface area contributed by atoms with Crippen molar-refractivity contribution in [3.8, 4) is 0 Å². The average Bonchev–Trinajstić information content (AvgIpc) is 3.16. The van der Waals surface area contributed by atoms with Crippen LogP contribution in [0.1, 0.15) is 36.8 Å². The molecule has 5 nitrogen and oxygen atoms in total. The van der Waals surface area contributed by atoms with E-state index in [9.17, 15) is 0 Å². The lowest BCUT2D eigenvalue weighted by atomic mass is 9.96. The predicted molar refractivity (Wildman–Crippen MR) is 107 cm³/mol. The lowest BCUT2D eigenvalue weighted by Gasteiger charge is -2.34. The number of nitrogens with zero attached hydrogens (tertiary/aromatic N) is 3. The molecule has 3 heterocycles. The van der Waals surface area contributed by atoms with Gasteiger partial charge in [0.05, 0.1) is 13.2 Å². The van der Waals surface area contributed by atoms with Gasteiger partial charge in [0.1, 0.15) is 11.5 Å². The van der Waals surface area contributed by atoms with Crippen molar-refractivity contribution in [3.63, 3.8) is 0 Å². The molecule has 1 aliphatic rings. The summed E-state index contributed by atoms with van der Waals surface area (Å²) in [6, 6.07) is 8.46. The molecule has 0 N–H and O–H groups in total.